The second kappa shape index (κ2) is 6.23. The van der Waals surface area contributed by atoms with E-state index in [1.54, 1.807) is 12.3 Å². The zero-order chi connectivity index (χ0) is 12.0. The molecule has 0 saturated heterocycles. The van der Waals surface area contributed by atoms with Gasteiger partial charge in [0.05, 0.1) is 5.56 Å². The average Bonchev–Trinajstić information content (AvgIpc) is 2.27. The summed E-state index contributed by atoms with van der Waals surface area (Å²) in [6, 6.07) is 3.61. The molecular formula is C12H19N3O. The van der Waals surface area contributed by atoms with Crippen molar-refractivity contribution in [2.45, 2.75) is 20.3 Å². The Hall–Kier alpha value is -1.42. The number of pyridine rings is 1. The van der Waals surface area contributed by atoms with Crippen LogP contribution in [0.5, 0.6) is 0 Å². The van der Waals surface area contributed by atoms with Crippen LogP contribution in [-0.2, 0) is 0 Å². The second-order valence-electron chi connectivity index (χ2n) is 4.08. The van der Waals surface area contributed by atoms with Crippen LogP contribution in [0.25, 0.3) is 0 Å². The zero-order valence-corrected chi connectivity index (χ0v) is 9.86. The number of amides is 1. The molecule has 4 nitrogen and oxygen atoms in total. The Morgan fingerprint density at radius 2 is 2.31 bits per heavy atom. The summed E-state index contributed by atoms with van der Waals surface area (Å²) in [4.78, 5) is 15.8. The highest BCUT2D eigenvalue weighted by Crippen LogP contribution is 2.01. The molecule has 1 unspecified atom stereocenters. The molecule has 1 atom stereocenters. The Balaban J connectivity index is 2.43. The summed E-state index contributed by atoms with van der Waals surface area (Å²) in [5, 5.41) is 2.87. The fourth-order valence-electron chi connectivity index (χ4n) is 1.36. The Morgan fingerprint density at radius 1 is 1.56 bits per heavy atom. The third kappa shape index (κ3) is 3.98. The standard InChI is InChI=1S/C12H19N3O/c1-9(5-6-13)7-15-12(16)11-4-3-10(2)14-8-11/h3-4,8-9H,5-7,13H2,1-2H3,(H,15,16). The average molecular weight is 221 g/mol. The Kier molecular flexibility index (Phi) is 4.92. The number of carbonyl (C=O) groups excluding carboxylic acids is 1. The van der Waals surface area contributed by atoms with Crippen molar-refractivity contribution in [1.82, 2.24) is 10.3 Å². The van der Waals surface area contributed by atoms with Crippen molar-refractivity contribution in [2.75, 3.05) is 13.1 Å². The van der Waals surface area contributed by atoms with Gasteiger partial charge in [-0.2, -0.15) is 0 Å². The molecule has 0 aliphatic rings. The van der Waals surface area contributed by atoms with E-state index in [9.17, 15) is 4.79 Å². The van der Waals surface area contributed by atoms with Gasteiger partial charge in [-0.25, -0.2) is 0 Å². The van der Waals surface area contributed by atoms with Crippen LogP contribution >= 0.6 is 0 Å². The van der Waals surface area contributed by atoms with Crippen molar-refractivity contribution in [2.24, 2.45) is 11.7 Å². The monoisotopic (exact) mass is 221 g/mol. The molecule has 16 heavy (non-hydrogen) atoms. The van der Waals surface area contributed by atoms with Gasteiger partial charge < -0.3 is 11.1 Å². The minimum Gasteiger partial charge on any atom is -0.352 e. The number of aromatic nitrogens is 1. The van der Waals surface area contributed by atoms with Gasteiger partial charge in [0.15, 0.2) is 0 Å². The third-order valence-electron chi connectivity index (χ3n) is 2.44. The van der Waals surface area contributed by atoms with Crippen LogP contribution < -0.4 is 11.1 Å². The van der Waals surface area contributed by atoms with Gasteiger partial charge in [0.1, 0.15) is 0 Å². The molecule has 0 aromatic carbocycles. The quantitative estimate of drug-likeness (QED) is 0.782. The summed E-state index contributed by atoms with van der Waals surface area (Å²) in [6.07, 6.45) is 2.52. The number of carbonyl (C=O) groups is 1. The molecule has 1 amide bonds. The van der Waals surface area contributed by atoms with Crippen LogP contribution in [0, 0.1) is 12.8 Å². The molecule has 0 saturated carbocycles. The predicted octanol–water partition coefficient (Wildman–Crippen LogP) is 1.10. The van der Waals surface area contributed by atoms with Crippen LogP contribution in [0.2, 0.25) is 0 Å². The molecule has 1 heterocycles. The summed E-state index contributed by atoms with van der Waals surface area (Å²) in [7, 11) is 0. The summed E-state index contributed by atoms with van der Waals surface area (Å²) in [6.45, 7) is 5.28. The predicted molar refractivity (Wildman–Crippen MR) is 64.1 cm³/mol. The Morgan fingerprint density at radius 3 is 2.88 bits per heavy atom. The van der Waals surface area contributed by atoms with E-state index in [4.69, 9.17) is 5.73 Å². The van der Waals surface area contributed by atoms with E-state index in [1.807, 2.05) is 13.0 Å². The fraction of sp³-hybridized carbons (Fsp3) is 0.500. The van der Waals surface area contributed by atoms with Gasteiger partial charge in [0.2, 0.25) is 0 Å². The van der Waals surface area contributed by atoms with E-state index in [2.05, 4.69) is 17.2 Å². The van der Waals surface area contributed by atoms with Gasteiger partial charge in [-0.1, -0.05) is 6.92 Å². The molecule has 0 fully saturated rings. The van der Waals surface area contributed by atoms with E-state index in [0.717, 1.165) is 12.1 Å². The lowest BCUT2D eigenvalue weighted by molar-refractivity contribution is 0.0947. The van der Waals surface area contributed by atoms with E-state index in [1.165, 1.54) is 0 Å². The minimum absolute atomic E-state index is 0.0728. The maximum absolute atomic E-state index is 11.7. The van der Waals surface area contributed by atoms with Crippen LogP contribution in [-0.4, -0.2) is 24.0 Å². The van der Waals surface area contributed by atoms with Gasteiger partial charge in [-0.05, 0) is 37.9 Å². The Bertz CT molecular complexity index is 335. The summed E-state index contributed by atoms with van der Waals surface area (Å²) in [5.41, 5.74) is 6.95. The van der Waals surface area contributed by atoms with Gasteiger partial charge in [0, 0.05) is 18.4 Å². The molecule has 4 heteroatoms. The van der Waals surface area contributed by atoms with Gasteiger partial charge in [-0.15, -0.1) is 0 Å². The molecule has 1 rings (SSSR count). The first-order valence-corrected chi connectivity index (χ1v) is 5.54. The van der Waals surface area contributed by atoms with Crippen LogP contribution in [0.1, 0.15) is 29.4 Å². The first kappa shape index (κ1) is 12.6. The highest BCUT2D eigenvalue weighted by Gasteiger charge is 2.07. The molecule has 1 aromatic rings. The normalized spacial score (nSPS) is 12.2. The van der Waals surface area contributed by atoms with Crippen molar-refractivity contribution in [3.8, 4) is 0 Å². The maximum atomic E-state index is 11.7. The second-order valence-corrected chi connectivity index (χ2v) is 4.08. The topological polar surface area (TPSA) is 68.0 Å². The minimum atomic E-state index is -0.0728. The number of nitrogens with one attached hydrogen (secondary N) is 1. The van der Waals surface area contributed by atoms with Gasteiger partial charge in [-0.3, -0.25) is 9.78 Å². The fourth-order valence-corrected chi connectivity index (χ4v) is 1.36. The Labute approximate surface area is 96.3 Å². The highest BCUT2D eigenvalue weighted by atomic mass is 16.1. The molecule has 0 bridgehead atoms. The third-order valence-corrected chi connectivity index (χ3v) is 2.44. The lowest BCUT2D eigenvalue weighted by atomic mass is 10.1. The lowest BCUT2D eigenvalue weighted by Crippen LogP contribution is -2.29. The number of aryl methyl sites for hydroxylation is 1. The number of hydrogen-bond donors (Lipinski definition) is 2. The van der Waals surface area contributed by atoms with Crippen molar-refractivity contribution in [3.63, 3.8) is 0 Å². The lowest BCUT2D eigenvalue weighted by Gasteiger charge is -2.11. The summed E-state index contributed by atoms with van der Waals surface area (Å²) >= 11 is 0. The van der Waals surface area contributed by atoms with Gasteiger partial charge >= 0.3 is 0 Å². The molecular weight excluding hydrogens is 202 g/mol. The van der Waals surface area contributed by atoms with Crippen LogP contribution in [0.3, 0.4) is 0 Å². The van der Waals surface area contributed by atoms with Crippen molar-refractivity contribution >= 4 is 5.91 Å². The molecule has 1 aromatic heterocycles. The first-order chi connectivity index (χ1) is 7.63. The number of rotatable bonds is 5. The molecule has 0 spiro atoms. The summed E-state index contributed by atoms with van der Waals surface area (Å²) < 4.78 is 0. The number of hydrogen-bond acceptors (Lipinski definition) is 3. The summed E-state index contributed by atoms with van der Waals surface area (Å²) in [5.74, 6) is 0.337. The molecule has 0 radical (unpaired) electrons. The zero-order valence-electron chi connectivity index (χ0n) is 9.86. The van der Waals surface area contributed by atoms with E-state index < -0.39 is 0 Å². The van der Waals surface area contributed by atoms with E-state index in [0.29, 0.717) is 24.6 Å². The number of nitrogens with two attached hydrogens (primary N) is 1. The van der Waals surface area contributed by atoms with Crippen molar-refractivity contribution in [3.05, 3.63) is 29.6 Å². The maximum Gasteiger partial charge on any atom is 0.252 e. The first-order valence-electron chi connectivity index (χ1n) is 5.54. The van der Waals surface area contributed by atoms with Crippen molar-refractivity contribution < 1.29 is 4.79 Å². The van der Waals surface area contributed by atoms with Crippen LogP contribution in [0.15, 0.2) is 18.3 Å². The highest BCUT2D eigenvalue weighted by molar-refractivity contribution is 5.93. The van der Waals surface area contributed by atoms with E-state index >= 15 is 0 Å². The largest absolute Gasteiger partial charge is 0.352 e. The van der Waals surface area contributed by atoms with Crippen LogP contribution in [0.4, 0.5) is 0 Å². The van der Waals surface area contributed by atoms with Crippen molar-refractivity contribution in [1.29, 1.82) is 0 Å². The SMILES string of the molecule is Cc1ccc(C(=O)NCC(C)CCN)cn1. The van der Waals surface area contributed by atoms with E-state index in [-0.39, 0.29) is 5.91 Å². The molecule has 3 N–H and O–H groups in total. The smallest absolute Gasteiger partial charge is 0.252 e. The molecule has 0 aliphatic carbocycles. The van der Waals surface area contributed by atoms with Gasteiger partial charge in [0.25, 0.3) is 5.91 Å². The number of nitrogens with zero attached hydrogens (tertiary/aromatic N) is 1. The molecule has 88 valence electrons. The molecule has 0 aliphatic heterocycles.